The molecule has 5 heteroatoms. The van der Waals surface area contributed by atoms with Crippen molar-refractivity contribution in [2.75, 3.05) is 25.0 Å². The van der Waals surface area contributed by atoms with Gasteiger partial charge in [-0.15, -0.1) is 0 Å². The molecule has 0 aliphatic carbocycles. The Morgan fingerprint density at radius 1 is 0.893 bits per heavy atom. The van der Waals surface area contributed by atoms with E-state index in [0.29, 0.717) is 16.9 Å². The van der Waals surface area contributed by atoms with E-state index >= 15 is 0 Å². The topological polar surface area (TPSA) is 28.2 Å². The first-order valence-corrected chi connectivity index (χ1v) is 10.3. The lowest BCUT2D eigenvalue weighted by Gasteiger charge is -2.19. The van der Waals surface area contributed by atoms with Crippen molar-refractivity contribution in [3.05, 3.63) is 94.1 Å². The summed E-state index contributed by atoms with van der Waals surface area (Å²) in [6.45, 7) is 3.92. The summed E-state index contributed by atoms with van der Waals surface area (Å²) >= 11 is 12.0. The third-order valence-electron chi connectivity index (χ3n) is 5.34. The maximum atomic E-state index is 6.10. The van der Waals surface area contributed by atoms with E-state index in [1.54, 1.807) is 6.20 Å². The average molecular weight is 412 g/mol. The molecule has 2 unspecified atom stereocenters. The number of rotatable bonds is 6. The van der Waals surface area contributed by atoms with Crippen LogP contribution in [-0.2, 0) is 6.54 Å². The minimum absolute atomic E-state index is 0.459. The molecule has 3 nitrogen and oxygen atoms in total. The summed E-state index contributed by atoms with van der Waals surface area (Å²) in [6.07, 6.45) is 1.68. The quantitative estimate of drug-likeness (QED) is 0.562. The van der Waals surface area contributed by atoms with Gasteiger partial charge in [-0.1, -0.05) is 65.7 Å². The summed E-state index contributed by atoms with van der Waals surface area (Å²) in [6, 6.07) is 22.8. The molecule has 1 aromatic heterocycles. The molecule has 1 aliphatic rings. The molecule has 1 N–H and O–H groups in total. The van der Waals surface area contributed by atoms with Crippen LogP contribution in [-0.4, -0.2) is 29.5 Å². The van der Waals surface area contributed by atoms with Gasteiger partial charge >= 0.3 is 0 Å². The minimum atomic E-state index is 0.459. The van der Waals surface area contributed by atoms with Crippen molar-refractivity contribution in [1.29, 1.82) is 0 Å². The largest absolute Gasteiger partial charge is 0.370 e. The van der Waals surface area contributed by atoms with Gasteiger partial charge in [-0.25, -0.2) is 4.98 Å². The molecular weight excluding hydrogens is 389 g/mol. The second-order valence-corrected chi connectivity index (χ2v) is 8.21. The fraction of sp³-hybridized carbons (Fsp3) is 0.261. The molecule has 2 atom stereocenters. The predicted octanol–water partition coefficient (Wildman–Crippen LogP) is 5.72. The summed E-state index contributed by atoms with van der Waals surface area (Å²) in [5.41, 5.74) is 2.70. The number of nitrogens with zero attached hydrogens (tertiary/aromatic N) is 2. The Hall–Kier alpha value is -2.07. The maximum absolute atomic E-state index is 6.10. The highest BCUT2D eigenvalue weighted by atomic mass is 35.5. The second-order valence-electron chi connectivity index (χ2n) is 7.34. The number of pyridine rings is 1. The van der Waals surface area contributed by atoms with Gasteiger partial charge in [0.15, 0.2) is 0 Å². The maximum Gasteiger partial charge on any atom is 0.125 e. The summed E-state index contributed by atoms with van der Waals surface area (Å²) in [5.74, 6) is 1.81. The van der Waals surface area contributed by atoms with Crippen LogP contribution in [0.3, 0.4) is 0 Å². The van der Waals surface area contributed by atoms with Gasteiger partial charge in [0.25, 0.3) is 0 Å². The lowest BCUT2D eigenvalue weighted by Crippen LogP contribution is -2.23. The lowest BCUT2D eigenvalue weighted by molar-refractivity contribution is 0.317. The van der Waals surface area contributed by atoms with Crippen molar-refractivity contribution in [1.82, 2.24) is 9.88 Å². The molecule has 2 heterocycles. The first-order valence-electron chi connectivity index (χ1n) is 9.54. The van der Waals surface area contributed by atoms with Crippen LogP contribution in [0.2, 0.25) is 10.0 Å². The van der Waals surface area contributed by atoms with E-state index in [9.17, 15) is 0 Å². The van der Waals surface area contributed by atoms with E-state index in [1.165, 1.54) is 11.1 Å². The molecule has 0 spiro atoms. The Morgan fingerprint density at radius 3 is 2.36 bits per heavy atom. The Balaban J connectivity index is 1.48. The van der Waals surface area contributed by atoms with Crippen LogP contribution in [0.1, 0.15) is 17.0 Å². The zero-order valence-corrected chi connectivity index (χ0v) is 17.1. The predicted molar refractivity (Wildman–Crippen MR) is 117 cm³/mol. The van der Waals surface area contributed by atoms with Crippen molar-refractivity contribution >= 4 is 29.0 Å². The van der Waals surface area contributed by atoms with Gasteiger partial charge < -0.3 is 5.32 Å². The number of hydrogen-bond acceptors (Lipinski definition) is 3. The average Bonchev–Trinajstić information content (AvgIpc) is 3.11. The number of anilines is 1. The molecule has 1 aliphatic heterocycles. The van der Waals surface area contributed by atoms with E-state index < -0.39 is 0 Å². The van der Waals surface area contributed by atoms with Gasteiger partial charge in [-0.2, -0.15) is 0 Å². The van der Waals surface area contributed by atoms with Crippen LogP contribution >= 0.6 is 23.2 Å². The number of nitrogens with one attached hydrogen (secondary N) is 1. The number of likely N-dealkylation sites (tertiary alicyclic amines) is 1. The van der Waals surface area contributed by atoms with Gasteiger partial charge in [-0.3, -0.25) is 4.90 Å². The molecular formula is C23H23Cl2N3. The fourth-order valence-electron chi connectivity index (χ4n) is 3.94. The monoisotopic (exact) mass is 411 g/mol. The molecule has 28 heavy (non-hydrogen) atoms. The van der Waals surface area contributed by atoms with Crippen LogP contribution in [0.25, 0.3) is 0 Å². The SMILES string of the molecule is Clc1ccc(C2CN(Cc3ccccc3)CC2CNc2ccc(Cl)cn2)cc1. The summed E-state index contributed by atoms with van der Waals surface area (Å²) < 4.78 is 0. The van der Waals surface area contributed by atoms with E-state index in [-0.39, 0.29) is 0 Å². The second kappa shape index (κ2) is 8.95. The zero-order chi connectivity index (χ0) is 19.3. The molecule has 3 aromatic rings. The smallest absolute Gasteiger partial charge is 0.125 e. The Kier molecular flexibility index (Phi) is 6.16. The summed E-state index contributed by atoms with van der Waals surface area (Å²) in [4.78, 5) is 6.90. The third kappa shape index (κ3) is 4.85. The highest BCUT2D eigenvalue weighted by Gasteiger charge is 2.33. The highest BCUT2D eigenvalue weighted by molar-refractivity contribution is 6.30. The van der Waals surface area contributed by atoms with Crippen LogP contribution in [0.4, 0.5) is 5.82 Å². The molecule has 0 bridgehead atoms. The molecule has 2 aromatic carbocycles. The van der Waals surface area contributed by atoms with Crippen LogP contribution < -0.4 is 5.32 Å². The first kappa shape index (κ1) is 19.3. The first-order chi connectivity index (χ1) is 13.7. The van der Waals surface area contributed by atoms with Crippen molar-refractivity contribution in [3.8, 4) is 0 Å². The van der Waals surface area contributed by atoms with E-state index in [0.717, 1.165) is 37.0 Å². The third-order valence-corrected chi connectivity index (χ3v) is 5.81. The number of benzene rings is 2. The number of halogens is 2. The van der Waals surface area contributed by atoms with Crippen LogP contribution in [0.5, 0.6) is 0 Å². The van der Waals surface area contributed by atoms with Crippen molar-refractivity contribution in [2.45, 2.75) is 12.5 Å². The Bertz CT molecular complexity index is 882. The van der Waals surface area contributed by atoms with Crippen molar-refractivity contribution in [2.24, 2.45) is 5.92 Å². The Labute approximate surface area is 176 Å². The molecule has 144 valence electrons. The summed E-state index contributed by atoms with van der Waals surface area (Å²) in [7, 11) is 0. The van der Waals surface area contributed by atoms with Gasteiger partial charge in [0.1, 0.15) is 5.82 Å². The van der Waals surface area contributed by atoms with Crippen molar-refractivity contribution in [3.63, 3.8) is 0 Å². The van der Waals surface area contributed by atoms with E-state index in [1.807, 2.05) is 24.3 Å². The lowest BCUT2D eigenvalue weighted by atomic mass is 9.89. The van der Waals surface area contributed by atoms with Crippen molar-refractivity contribution < 1.29 is 0 Å². The molecule has 4 rings (SSSR count). The molecule has 0 saturated carbocycles. The van der Waals surface area contributed by atoms with Gasteiger partial charge in [0, 0.05) is 43.3 Å². The van der Waals surface area contributed by atoms with Crippen LogP contribution in [0.15, 0.2) is 72.9 Å². The standard InChI is InChI=1S/C23H23Cl2N3/c24-20-8-6-18(7-9-20)22-16-28(14-17-4-2-1-3-5-17)15-19(22)12-26-23-11-10-21(25)13-27-23/h1-11,13,19,22H,12,14-16H2,(H,26,27). The van der Waals surface area contributed by atoms with Gasteiger partial charge in [-0.05, 0) is 41.3 Å². The minimum Gasteiger partial charge on any atom is -0.370 e. The Morgan fingerprint density at radius 2 is 1.64 bits per heavy atom. The molecule has 0 amide bonds. The molecule has 0 radical (unpaired) electrons. The number of hydrogen-bond donors (Lipinski definition) is 1. The normalized spacial score (nSPS) is 19.6. The van der Waals surface area contributed by atoms with Gasteiger partial charge in [0.05, 0.1) is 5.02 Å². The molecule has 1 fully saturated rings. The van der Waals surface area contributed by atoms with E-state index in [4.69, 9.17) is 23.2 Å². The highest BCUT2D eigenvalue weighted by Crippen LogP contribution is 2.34. The van der Waals surface area contributed by atoms with E-state index in [2.05, 4.69) is 57.7 Å². The van der Waals surface area contributed by atoms with Crippen LogP contribution in [0, 0.1) is 5.92 Å². The summed E-state index contributed by atoms with van der Waals surface area (Å²) in [5, 5.41) is 4.92. The number of aromatic nitrogens is 1. The zero-order valence-electron chi connectivity index (χ0n) is 15.6. The fourth-order valence-corrected chi connectivity index (χ4v) is 4.18. The van der Waals surface area contributed by atoms with Gasteiger partial charge in [0.2, 0.25) is 0 Å². The molecule has 1 saturated heterocycles.